The number of aromatic hydroxyl groups is 1. The van der Waals surface area contributed by atoms with Crippen LogP contribution in [-0.2, 0) is 38.4 Å². The van der Waals surface area contributed by atoms with E-state index in [0.717, 1.165) is 79.8 Å². The molecule has 0 spiro atoms. The molecular weight excluding hydrogens is 1110 g/mol. The first-order valence-corrected chi connectivity index (χ1v) is 30.3. The van der Waals surface area contributed by atoms with Gasteiger partial charge in [-0.2, -0.15) is 0 Å². The molecule has 2 amide bonds. The maximum atomic E-state index is 12.7. The van der Waals surface area contributed by atoms with Gasteiger partial charge in [0.2, 0.25) is 0 Å². The Morgan fingerprint density at radius 3 is 1.06 bits per heavy atom. The molecule has 9 aromatic rings. The van der Waals surface area contributed by atoms with Crippen molar-refractivity contribution in [2.24, 2.45) is 0 Å². The van der Waals surface area contributed by atoms with Crippen LogP contribution < -0.4 is 14.0 Å². The van der Waals surface area contributed by atoms with Crippen molar-refractivity contribution in [3.05, 3.63) is 299 Å². The Kier molecular flexibility index (Phi) is 23.7. The topological polar surface area (TPSA) is 154 Å². The summed E-state index contributed by atoms with van der Waals surface area (Å²) in [6.07, 6.45) is 0.820. The Bertz CT molecular complexity index is 3670. The van der Waals surface area contributed by atoms with E-state index in [9.17, 15) is 24.2 Å². The number of hydrogen-bond donors (Lipinski definition) is 2. The summed E-state index contributed by atoms with van der Waals surface area (Å²) in [5, 5.41) is 9.83. The van der Waals surface area contributed by atoms with Crippen molar-refractivity contribution in [2.45, 2.75) is 46.5 Å². The lowest BCUT2D eigenvalue weighted by atomic mass is 9.88. The van der Waals surface area contributed by atoms with Gasteiger partial charge in [0.15, 0.2) is 0 Å². The molecule has 87 heavy (non-hydrogen) atoms. The molecule has 0 aromatic heterocycles. The largest absolute Gasteiger partial charge is 0.527 e. The van der Waals surface area contributed by atoms with E-state index in [2.05, 4.69) is 38.1 Å². The SMILES string of the molecule is CC/C(=C(/c1ccc(OCCN(C)C(=O)OCc2ccccc2)cc1)c1ccc(OP(=O)(O)OCc2ccccc2)cc1)c1ccccc1.CC/C(=C(\c1ccc(O)cc1)c1ccc(OCCN(C)C(=O)OCc2ccccc2)cc1)c1ccccc1. The van der Waals surface area contributed by atoms with E-state index >= 15 is 0 Å². The highest BCUT2D eigenvalue weighted by atomic mass is 31.2. The summed E-state index contributed by atoms with van der Waals surface area (Å²) in [5.74, 6) is 1.86. The van der Waals surface area contributed by atoms with E-state index in [1.165, 1.54) is 20.9 Å². The highest BCUT2D eigenvalue weighted by Crippen LogP contribution is 2.45. The summed E-state index contributed by atoms with van der Waals surface area (Å²) in [7, 11) is -0.968. The van der Waals surface area contributed by atoms with Gasteiger partial charge in [0.25, 0.3) is 0 Å². The molecule has 13 nitrogen and oxygen atoms in total. The number of phenolic OH excluding ortho intramolecular Hbond substituents is 1. The standard InChI is InChI=1S/C40H40NO7P.C33H33NO4/c1-3-38(33-17-11-6-12-18-33)39(35-21-25-37(26-22-35)48-49(43,44)47-30-32-15-9-5-10-16-32)34-19-23-36(24-20-34)45-28-27-41(2)40(42)46-29-31-13-7-4-8-14-31;1-3-31(26-12-8-5-9-13-26)32(27-14-18-29(35)19-15-27)28-16-20-30(21-17-28)37-23-22-34(2)33(36)38-24-25-10-6-4-7-11-25/h4-26H,3,27-30H2,1-2H3,(H,43,44);4-21,35H,3,22-24H2,1-2H3/b39-38+;32-31-. The second-order valence-corrected chi connectivity index (χ2v) is 21.6. The van der Waals surface area contributed by atoms with Crippen molar-refractivity contribution in [3.63, 3.8) is 0 Å². The van der Waals surface area contributed by atoms with Crippen LogP contribution in [0.3, 0.4) is 0 Å². The van der Waals surface area contributed by atoms with E-state index in [4.69, 9.17) is 28.0 Å². The van der Waals surface area contributed by atoms with Crippen molar-refractivity contribution in [1.82, 2.24) is 9.80 Å². The number of hydrogen-bond acceptors (Lipinski definition) is 10. The number of rotatable bonds is 25. The number of allylic oxidation sites excluding steroid dienone is 2. The van der Waals surface area contributed by atoms with Crippen LogP contribution in [0.25, 0.3) is 22.3 Å². The minimum atomic E-state index is -4.35. The Labute approximate surface area is 510 Å². The van der Waals surface area contributed by atoms with Crippen molar-refractivity contribution in [2.75, 3.05) is 40.4 Å². The fraction of sp³-hybridized carbons (Fsp3) is 0.178. The second kappa shape index (κ2) is 32.6. The van der Waals surface area contributed by atoms with E-state index in [1.54, 1.807) is 38.4 Å². The highest BCUT2D eigenvalue weighted by Gasteiger charge is 2.24. The van der Waals surface area contributed by atoms with Gasteiger partial charge < -0.3 is 38.4 Å². The van der Waals surface area contributed by atoms with E-state index in [0.29, 0.717) is 32.1 Å². The van der Waals surface area contributed by atoms with Gasteiger partial charge in [0.1, 0.15) is 49.4 Å². The quantitative estimate of drug-likeness (QED) is 0.0415. The van der Waals surface area contributed by atoms with Gasteiger partial charge in [0.05, 0.1) is 19.7 Å². The van der Waals surface area contributed by atoms with Crippen molar-refractivity contribution < 1.29 is 52.1 Å². The average Bonchev–Trinajstić information content (AvgIpc) is 1.83. The number of nitrogens with zero attached hydrogens (tertiary/aromatic N) is 2. The first-order chi connectivity index (χ1) is 42.4. The summed E-state index contributed by atoms with van der Waals surface area (Å²) < 4.78 is 45.9. The fourth-order valence-electron chi connectivity index (χ4n) is 9.44. The molecule has 0 radical (unpaired) electrons. The maximum absolute atomic E-state index is 12.7. The monoisotopic (exact) mass is 1180 g/mol. The van der Waals surface area contributed by atoms with E-state index in [1.807, 2.05) is 200 Å². The third-order valence-corrected chi connectivity index (χ3v) is 14.9. The predicted octanol–water partition coefficient (Wildman–Crippen LogP) is 16.8. The minimum Gasteiger partial charge on any atom is -0.508 e. The van der Waals surface area contributed by atoms with Crippen LogP contribution in [0.15, 0.2) is 249 Å². The fourth-order valence-corrected chi connectivity index (χ4v) is 10.2. The lowest BCUT2D eigenvalue weighted by Crippen LogP contribution is -2.31. The van der Waals surface area contributed by atoms with Gasteiger partial charge in [0, 0.05) is 14.1 Å². The summed E-state index contributed by atoms with van der Waals surface area (Å²) in [6, 6.07) is 79.1. The summed E-state index contributed by atoms with van der Waals surface area (Å²) in [5.41, 5.74) is 13.4. The number of likely N-dealkylation sites (N-methyl/N-ethyl adjacent to an activating group) is 2. The smallest absolute Gasteiger partial charge is 0.508 e. The van der Waals surface area contributed by atoms with Crippen LogP contribution in [-0.4, -0.2) is 72.4 Å². The van der Waals surface area contributed by atoms with Crippen LogP contribution in [0, 0.1) is 0 Å². The summed E-state index contributed by atoms with van der Waals surface area (Å²) >= 11 is 0. The lowest BCUT2D eigenvalue weighted by molar-refractivity contribution is 0.0989. The van der Waals surface area contributed by atoms with Crippen LogP contribution in [0.1, 0.15) is 76.8 Å². The lowest BCUT2D eigenvalue weighted by Gasteiger charge is -2.19. The Hall–Kier alpha value is -9.65. The van der Waals surface area contributed by atoms with Gasteiger partial charge in [-0.15, -0.1) is 0 Å². The molecule has 0 fully saturated rings. The maximum Gasteiger partial charge on any atom is 0.527 e. The normalized spacial score (nSPS) is 12.1. The van der Waals surface area contributed by atoms with Gasteiger partial charge in [-0.25, -0.2) is 14.2 Å². The highest BCUT2D eigenvalue weighted by molar-refractivity contribution is 7.47. The summed E-state index contributed by atoms with van der Waals surface area (Å²) in [4.78, 5) is 38.0. The van der Waals surface area contributed by atoms with Crippen LogP contribution >= 0.6 is 7.82 Å². The molecule has 9 rings (SSSR count). The first kappa shape index (κ1) is 63.4. The van der Waals surface area contributed by atoms with Gasteiger partial charge in [-0.05, 0) is 134 Å². The molecule has 0 aliphatic heterocycles. The summed E-state index contributed by atoms with van der Waals surface area (Å²) in [6.45, 7) is 6.09. The van der Waals surface area contributed by atoms with Crippen LogP contribution in [0.2, 0.25) is 0 Å². The molecule has 14 heteroatoms. The second-order valence-electron chi connectivity index (χ2n) is 20.2. The Morgan fingerprint density at radius 1 is 0.402 bits per heavy atom. The third kappa shape index (κ3) is 19.4. The van der Waals surface area contributed by atoms with E-state index < -0.39 is 13.9 Å². The zero-order valence-electron chi connectivity index (χ0n) is 49.4. The molecule has 9 aromatic carbocycles. The van der Waals surface area contributed by atoms with Crippen molar-refractivity contribution in [1.29, 1.82) is 0 Å². The Balaban J connectivity index is 0.000000233. The van der Waals surface area contributed by atoms with Gasteiger partial charge >= 0.3 is 20.0 Å². The minimum absolute atomic E-state index is 0.0474. The molecular formula is C73H73N2O11P. The predicted molar refractivity (Wildman–Crippen MR) is 344 cm³/mol. The van der Waals surface area contributed by atoms with E-state index in [-0.39, 0.29) is 37.4 Å². The van der Waals surface area contributed by atoms with Crippen molar-refractivity contribution in [3.8, 4) is 23.0 Å². The van der Waals surface area contributed by atoms with Crippen molar-refractivity contribution >= 4 is 42.3 Å². The third-order valence-electron chi connectivity index (χ3n) is 14.0. The average molecular weight is 1190 g/mol. The number of carbonyl (C=O) groups excluding carboxylic acids is 2. The number of carbonyl (C=O) groups is 2. The molecule has 0 saturated carbocycles. The molecule has 0 aliphatic rings. The Morgan fingerprint density at radius 2 is 0.713 bits per heavy atom. The number of phosphoric ester groups is 1. The number of ether oxygens (including phenoxy) is 4. The number of phosphoric acid groups is 1. The molecule has 1 unspecified atom stereocenters. The molecule has 0 heterocycles. The number of benzene rings is 9. The first-order valence-electron chi connectivity index (χ1n) is 28.8. The van der Waals surface area contributed by atoms with Gasteiger partial charge in [-0.3, -0.25) is 9.42 Å². The van der Waals surface area contributed by atoms with Crippen LogP contribution in [0.5, 0.6) is 23.0 Å². The molecule has 1 atom stereocenters. The molecule has 2 N–H and O–H groups in total. The number of phenols is 1. The van der Waals surface area contributed by atoms with Crippen LogP contribution in [0.4, 0.5) is 9.59 Å². The van der Waals surface area contributed by atoms with Gasteiger partial charge in [-0.1, -0.05) is 214 Å². The molecule has 446 valence electrons. The zero-order valence-corrected chi connectivity index (χ0v) is 50.3. The molecule has 0 aliphatic carbocycles. The molecule has 0 bridgehead atoms. The molecule has 0 saturated heterocycles. The number of amides is 2. The zero-order chi connectivity index (χ0) is 61.2.